The van der Waals surface area contributed by atoms with Crippen LogP contribution in [0.25, 0.3) is 0 Å². The summed E-state index contributed by atoms with van der Waals surface area (Å²) >= 11 is 0. The molecule has 0 atom stereocenters. The molecule has 1 fully saturated rings. The van der Waals surface area contributed by atoms with Crippen molar-refractivity contribution in [3.63, 3.8) is 0 Å². The van der Waals surface area contributed by atoms with Gasteiger partial charge in [0.2, 0.25) is 0 Å². The molecule has 1 heterocycles. The molecular formula is C30H42F2O6. The van der Waals surface area contributed by atoms with E-state index in [-0.39, 0.29) is 37.9 Å². The number of hydrogen-bond acceptors (Lipinski definition) is 6. The first-order chi connectivity index (χ1) is 17.7. The normalized spacial score (nSPS) is 17.1. The SMILES string of the molecule is CCC(C)(C)Oc1ccc(OCC2(COc3ccc(OC(C)(C)CC)c(F)c3)COC(C)(C)OC2)cc1F. The monoisotopic (exact) mass is 536 g/mol. The molecule has 1 aliphatic rings. The topological polar surface area (TPSA) is 55.4 Å². The van der Waals surface area contributed by atoms with E-state index in [1.165, 1.54) is 12.1 Å². The standard InChI is InChI=1S/C30H42F2O6/c1-9-27(3,4)37-25-13-11-21(15-23(25)31)33-17-30(19-35-29(7,8)36-20-30)18-34-22-12-14-26(24(32)16-22)38-28(5,6)10-2/h11-16H,9-10,17-20H2,1-8H3. The lowest BCUT2D eigenvalue weighted by Gasteiger charge is -2.42. The smallest absolute Gasteiger partial charge is 0.168 e. The molecule has 0 bridgehead atoms. The van der Waals surface area contributed by atoms with Crippen LogP contribution in [0.1, 0.15) is 68.2 Å². The third kappa shape index (κ3) is 8.21. The first-order valence-electron chi connectivity index (χ1n) is 13.2. The summed E-state index contributed by atoms with van der Waals surface area (Å²) in [6.45, 7) is 16.1. The zero-order valence-electron chi connectivity index (χ0n) is 23.9. The fraction of sp³-hybridized carbons (Fsp3) is 0.600. The maximum absolute atomic E-state index is 14.7. The van der Waals surface area contributed by atoms with Crippen molar-refractivity contribution < 1.29 is 37.2 Å². The minimum absolute atomic E-state index is 0.136. The van der Waals surface area contributed by atoms with Crippen molar-refractivity contribution in [2.24, 2.45) is 5.41 Å². The van der Waals surface area contributed by atoms with Gasteiger partial charge in [-0.3, -0.25) is 0 Å². The number of benzene rings is 2. The fourth-order valence-electron chi connectivity index (χ4n) is 3.47. The van der Waals surface area contributed by atoms with Gasteiger partial charge in [0.25, 0.3) is 0 Å². The second-order valence-electron chi connectivity index (χ2n) is 11.7. The number of ether oxygens (including phenoxy) is 6. The number of halogens is 2. The van der Waals surface area contributed by atoms with Crippen molar-refractivity contribution >= 4 is 0 Å². The molecule has 212 valence electrons. The maximum atomic E-state index is 14.7. The van der Waals surface area contributed by atoms with Crippen LogP contribution in [-0.4, -0.2) is 43.4 Å². The van der Waals surface area contributed by atoms with E-state index < -0.39 is 34.0 Å². The fourth-order valence-corrected chi connectivity index (χ4v) is 3.47. The van der Waals surface area contributed by atoms with E-state index >= 15 is 0 Å². The highest BCUT2D eigenvalue weighted by molar-refractivity contribution is 5.34. The predicted molar refractivity (Wildman–Crippen MR) is 142 cm³/mol. The van der Waals surface area contributed by atoms with Crippen molar-refractivity contribution in [1.82, 2.24) is 0 Å². The Hall–Kier alpha value is -2.58. The Morgan fingerprint density at radius 3 is 1.47 bits per heavy atom. The summed E-state index contributed by atoms with van der Waals surface area (Å²) in [5.74, 6) is -0.724. The van der Waals surface area contributed by atoms with Gasteiger partial charge < -0.3 is 28.4 Å². The first-order valence-corrected chi connectivity index (χ1v) is 13.2. The van der Waals surface area contributed by atoms with Crippen LogP contribution < -0.4 is 18.9 Å². The molecule has 0 aromatic heterocycles. The van der Waals surface area contributed by atoms with Gasteiger partial charge in [0, 0.05) is 12.1 Å². The van der Waals surface area contributed by atoms with Crippen LogP contribution in [0.4, 0.5) is 8.78 Å². The van der Waals surface area contributed by atoms with Crippen molar-refractivity contribution in [3.8, 4) is 23.0 Å². The highest BCUT2D eigenvalue weighted by atomic mass is 19.1. The van der Waals surface area contributed by atoms with Gasteiger partial charge in [-0.25, -0.2) is 8.78 Å². The second kappa shape index (κ2) is 11.7. The Bertz CT molecular complexity index is 999. The molecule has 0 unspecified atom stereocenters. The van der Waals surface area contributed by atoms with Gasteiger partial charge in [-0.05, 0) is 78.6 Å². The van der Waals surface area contributed by atoms with Crippen molar-refractivity contribution in [2.75, 3.05) is 26.4 Å². The predicted octanol–water partition coefficient (Wildman–Crippen LogP) is 7.33. The molecule has 0 amide bonds. The minimum Gasteiger partial charge on any atom is -0.493 e. The van der Waals surface area contributed by atoms with E-state index in [1.54, 1.807) is 24.3 Å². The summed E-state index contributed by atoms with van der Waals surface area (Å²) in [6, 6.07) is 9.06. The molecule has 2 aromatic carbocycles. The van der Waals surface area contributed by atoms with Crippen molar-refractivity contribution in [1.29, 1.82) is 0 Å². The summed E-state index contributed by atoms with van der Waals surface area (Å²) in [5, 5.41) is 0. The third-order valence-electron chi connectivity index (χ3n) is 6.82. The first kappa shape index (κ1) is 30.0. The Morgan fingerprint density at radius 2 is 1.13 bits per heavy atom. The zero-order chi connectivity index (χ0) is 28.2. The van der Waals surface area contributed by atoms with Gasteiger partial charge in [0.05, 0.1) is 18.6 Å². The van der Waals surface area contributed by atoms with E-state index in [1.807, 2.05) is 55.4 Å². The molecule has 3 rings (SSSR count). The molecule has 2 aromatic rings. The summed E-state index contributed by atoms with van der Waals surface area (Å²) in [7, 11) is 0. The zero-order valence-corrected chi connectivity index (χ0v) is 23.9. The lowest BCUT2D eigenvalue weighted by atomic mass is 9.91. The van der Waals surface area contributed by atoms with Gasteiger partial charge in [0.1, 0.15) is 35.9 Å². The Labute approximate surface area is 225 Å². The van der Waals surface area contributed by atoms with Crippen LogP contribution in [0.5, 0.6) is 23.0 Å². The quantitative estimate of drug-likeness (QED) is 0.283. The van der Waals surface area contributed by atoms with E-state index in [4.69, 9.17) is 28.4 Å². The maximum Gasteiger partial charge on any atom is 0.168 e. The largest absolute Gasteiger partial charge is 0.493 e. The summed E-state index contributed by atoms with van der Waals surface area (Å²) < 4.78 is 64.8. The molecule has 6 nitrogen and oxygen atoms in total. The van der Waals surface area contributed by atoms with Gasteiger partial charge >= 0.3 is 0 Å². The second-order valence-corrected chi connectivity index (χ2v) is 11.7. The summed E-state index contributed by atoms with van der Waals surface area (Å²) in [4.78, 5) is 0. The van der Waals surface area contributed by atoms with E-state index in [2.05, 4.69) is 0 Å². The molecule has 1 saturated heterocycles. The lowest BCUT2D eigenvalue weighted by molar-refractivity contribution is -0.292. The van der Waals surface area contributed by atoms with Crippen molar-refractivity contribution in [3.05, 3.63) is 48.0 Å². The molecular weight excluding hydrogens is 494 g/mol. The molecule has 0 N–H and O–H groups in total. The molecule has 0 radical (unpaired) electrons. The number of rotatable bonds is 12. The van der Waals surface area contributed by atoms with Crippen LogP contribution in [-0.2, 0) is 9.47 Å². The minimum atomic E-state index is -0.752. The molecule has 38 heavy (non-hydrogen) atoms. The number of hydrogen-bond donors (Lipinski definition) is 0. The van der Waals surface area contributed by atoms with Crippen LogP contribution >= 0.6 is 0 Å². The molecule has 0 saturated carbocycles. The summed E-state index contributed by atoms with van der Waals surface area (Å²) in [5.41, 5.74) is -1.67. The highest BCUT2D eigenvalue weighted by Crippen LogP contribution is 2.34. The van der Waals surface area contributed by atoms with Gasteiger partial charge in [0.15, 0.2) is 28.9 Å². The highest BCUT2D eigenvalue weighted by Gasteiger charge is 2.42. The van der Waals surface area contributed by atoms with Gasteiger partial charge in [-0.15, -0.1) is 0 Å². The third-order valence-corrected chi connectivity index (χ3v) is 6.82. The molecule has 1 aliphatic heterocycles. The lowest BCUT2D eigenvalue weighted by Crippen LogP contribution is -2.52. The van der Waals surface area contributed by atoms with Crippen LogP contribution in [0.15, 0.2) is 36.4 Å². The van der Waals surface area contributed by atoms with Crippen LogP contribution in [0, 0.1) is 17.0 Å². The van der Waals surface area contributed by atoms with E-state index in [0.717, 1.165) is 12.8 Å². The Kier molecular flexibility index (Phi) is 9.20. The van der Waals surface area contributed by atoms with Crippen LogP contribution in [0.3, 0.4) is 0 Å². The van der Waals surface area contributed by atoms with Crippen molar-refractivity contribution in [2.45, 2.75) is 85.2 Å². The average molecular weight is 537 g/mol. The summed E-state index contributed by atoms with van der Waals surface area (Å²) in [6.07, 6.45) is 1.47. The average Bonchev–Trinajstić information content (AvgIpc) is 2.86. The molecule has 8 heteroatoms. The van der Waals surface area contributed by atoms with E-state index in [0.29, 0.717) is 11.5 Å². The molecule has 0 aliphatic carbocycles. The Morgan fingerprint density at radius 1 is 0.737 bits per heavy atom. The van der Waals surface area contributed by atoms with Gasteiger partial charge in [-0.2, -0.15) is 0 Å². The van der Waals surface area contributed by atoms with E-state index in [9.17, 15) is 8.78 Å². The molecule has 0 spiro atoms. The van der Waals surface area contributed by atoms with Gasteiger partial charge in [-0.1, -0.05) is 13.8 Å². The Balaban J connectivity index is 1.70. The van der Waals surface area contributed by atoms with Crippen LogP contribution in [0.2, 0.25) is 0 Å².